The maximum atomic E-state index is 13.8. The van der Waals surface area contributed by atoms with E-state index in [0.29, 0.717) is 37.4 Å². The van der Waals surface area contributed by atoms with Crippen LogP contribution < -0.4 is 19.5 Å². The van der Waals surface area contributed by atoms with Crippen molar-refractivity contribution in [1.82, 2.24) is 15.2 Å². The van der Waals surface area contributed by atoms with Crippen molar-refractivity contribution in [3.8, 4) is 17.2 Å². The first-order valence-corrected chi connectivity index (χ1v) is 15.4. The van der Waals surface area contributed by atoms with Crippen LogP contribution in [0, 0.1) is 0 Å². The molecule has 0 radical (unpaired) electrons. The molecular weight excluding hydrogens is 567 g/mol. The standard InChI is InChI=1S/C35H38F3N3O3/c1-2-34(27-14-15-30-31(21-27)43-19-18-42-30)23-41(24-40-34)16-7-4-8-17-44-33-26(20-25-10-5-3-6-11-25)22-39-32-28(33)12-9-13-29(32)35(36,37)38/h3,5-6,9-15,21-22,40H,2,4,7-8,16-20,23-24H2,1H3. The van der Waals surface area contributed by atoms with Crippen LogP contribution in [0.5, 0.6) is 17.2 Å². The number of benzene rings is 3. The molecule has 6 rings (SSSR count). The lowest BCUT2D eigenvalue weighted by atomic mass is 9.87. The molecule has 0 bridgehead atoms. The van der Waals surface area contributed by atoms with E-state index in [1.807, 2.05) is 36.4 Å². The van der Waals surface area contributed by atoms with Gasteiger partial charge in [-0.2, -0.15) is 13.2 Å². The van der Waals surface area contributed by atoms with Crippen LogP contribution in [0.1, 0.15) is 54.9 Å². The number of ether oxygens (including phenoxy) is 3. The number of nitrogens with zero attached hydrogens (tertiary/aromatic N) is 2. The van der Waals surface area contributed by atoms with Crippen molar-refractivity contribution in [1.29, 1.82) is 0 Å². The van der Waals surface area contributed by atoms with Crippen molar-refractivity contribution in [2.24, 2.45) is 0 Å². The SMILES string of the molecule is CCC1(c2ccc3c(c2)OCCO3)CN(CCCCCOc2c(Cc3ccccc3)cnc3c(C(F)(F)F)cccc23)CN1. The van der Waals surface area contributed by atoms with E-state index in [1.54, 1.807) is 6.07 Å². The van der Waals surface area contributed by atoms with Gasteiger partial charge in [-0.15, -0.1) is 0 Å². The summed E-state index contributed by atoms with van der Waals surface area (Å²) in [5, 5.41) is 4.14. The molecule has 0 aliphatic carbocycles. The third kappa shape index (κ3) is 6.49. The lowest BCUT2D eigenvalue weighted by molar-refractivity contribution is -0.136. The lowest BCUT2D eigenvalue weighted by Gasteiger charge is -2.30. The van der Waals surface area contributed by atoms with Crippen LogP contribution in [0.4, 0.5) is 13.2 Å². The Morgan fingerprint density at radius 2 is 1.77 bits per heavy atom. The third-order valence-corrected chi connectivity index (χ3v) is 8.66. The topological polar surface area (TPSA) is 55.9 Å². The molecule has 1 unspecified atom stereocenters. The molecule has 44 heavy (non-hydrogen) atoms. The Balaban J connectivity index is 1.07. The number of aromatic nitrogens is 1. The van der Waals surface area contributed by atoms with E-state index >= 15 is 0 Å². The first kappa shape index (κ1) is 30.2. The Morgan fingerprint density at radius 3 is 2.57 bits per heavy atom. The van der Waals surface area contributed by atoms with Gasteiger partial charge in [-0.05, 0) is 67.6 Å². The van der Waals surface area contributed by atoms with Gasteiger partial charge in [0.15, 0.2) is 11.5 Å². The second-order valence-electron chi connectivity index (χ2n) is 11.6. The number of rotatable bonds is 11. The minimum atomic E-state index is -4.49. The second kappa shape index (κ2) is 13.0. The Bertz CT molecular complexity index is 1580. The first-order chi connectivity index (χ1) is 21.4. The number of unbranched alkanes of at least 4 members (excludes halogenated alkanes) is 2. The summed E-state index contributed by atoms with van der Waals surface area (Å²) in [5.74, 6) is 2.10. The molecule has 9 heteroatoms. The molecule has 2 aliphatic rings. The largest absolute Gasteiger partial charge is 0.493 e. The highest BCUT2D eigenvalue weighted by molar-refractivity contribution is 5.89. The summed E-state index contributed by atoms with van der Waals surface area (Å²) in [6.07, 6.45) is 1.27. The van der Waals surface area contributed by atoms with Crippen molar-refractivity contribution in [3.05, 3.63) is 95.2 Å². The molecule has 3 heterocycles. The first-order valence-electron chi connectivity index (χ1n) is 15.4. The van der Waals surface area contributed by atoms with E-state index in [-0.39, 0.29) is 11.1 Å². The monoisotopic (exact) mass is 605 g/mol. The molecule has 0 spiro atoms. The Kier molecular flexibility index (Phi) is 8.96. The highest BCUT2D eigenvalue weighted by Gasteiger charge is 2.38. The van der Waals surface area contributed by atoms with E-state index < -0.39 is 11.7 Å². The molecule has 1 saturated heterocycles. The molecule has 1 fully saturated rings. The number of pyridine rings is 1. The number of fused-ring (bicyclic) bond motifs is 2. The zero-order chi connectivity index (χ0) is 30.6. The zero-order valence-corrected chi connectivity index (χ0v) is 25.0. The average Bonchev–Trinajstić information content (AvgIpc) is 3.47. The number of alkyl halides is 3. The minimum absolute atomic E-state index is 0.0780. The number of halogens is 3. The Labute approximate surface area is 256 Å². The van der Waals surface area contributed by atoms with Crippen molar-refractivity contribution < 1.29 is 27.4 Å². The maximum absolute atomic E-state index is 13.8. The predicted molar refractivity (Wildman–Crippen MR) is 164 cm³/mol. The van der Waals surface area contributed by atoms with Crippen molar-refractivity contribution in [3.63, 3.8) is 0 Å². The van der Waals surface area contributed by atoms with Gasteiger partial charge in [0.1, 0.15) is 19.0 Å². The summed E-state index contributed by atoms with van der Waals surface area (Å²) in [6.45, 7) is 6.45. The highest BCUT2D eigenvalue weighted by Crippen LogP contribution is 2.39. The molecule has 3 aromatic carbocycles. The van der Waals surface area contributed by atoms with E-state index in [0.717, 1.165) is 74.1 Å². The Hall–Kier alpha value is -3.82. The summed E-state index contributed by atoms with van der Waals surface area (Å²) < 4.78 is 59.0. The molecule has 0 amide bonds. The molecule has 0 saturated carbocycles. The smallest absolute Gasteiger partial charge is 0.418 e. The molecular formula is C35H38F3N3O3. The number of hydrogen-bond donors (Lipinski definition) is 1. The Morgan fingerprint density at radius 1 is 0.955 bits per heavy atom. The average molecular weight is 606 g/mol. The van der Waals surface area contributed by atoms with Gasteiger partial charge in [0, 0.05) is 36.8 Å². The van der Waals surface area contributed by atoms with Crippen LogP contribution in [0.3, 0.4) is 0 Å². The summed E-state index contributed by atoms with van der Waals surface area (Å²) in [5.41, 5.74) is 2.08. The summed E-state index contributed by atoms with van der Waals surface area (Å²) in [7, 11) is 0. The van der Waals surface area contributed by atoms with Gasteiger partial charge < -0.3 is 14.2 Å². The fourth-order valence-corrected chi connectivity index (χ4v) is 6.26. The van der Waals surface area contributed by atoms with Gasteiger partial charge in [-0.1, -0.05) is 49.4 Å². The second-order valence-corrected chi connectivity index (χ2v) is 11.6. The predicted octanol–water partition coefficient (Wildman–Crippen LogP) is 7.33. The number of hydrogen-bond acceptors (Lipinski definition) is 6. The van der Waals surface area contributed by atoms with Gasteiger partial charge in [0.25, 0.3) is 0 Å². The zero-order valence-electron chi connectivity index (χ0n) is 25.0. The van der Waals surface area contributed by atoms with Crippen LogP contribution in [-0.2, 0) is 18.1 Å². The molecule has 1 aromatic heterocycles. The van der Waals surface area contributed by atoms with Gasteiger partial charge in [0.2, 0.25) is 0 Å². The van der Waals surface area contributed by atoms with Crippen LogP contribution in [0.15, 0.2) is 72.9 Å². The normalized spacial score (nSPS) is 18.5. The van der Waals surface area contributed by atoms with Crippen LogP contribution in [0.2, 0.25) is 0 Å². The van der Waals surface area contributed by atoms with Crippen molar-refractivity contribution in [2.45, 2.75) is 50.7 Å². The van der Waals surface area contributed by atoms with Crippen molar-refractivity contribution in [2.75, 3.05) is 39.6 Å². The van der Waals surface area contributed by atoms with Crippen molar-refractivity contribution >= 4 is 10.9 Å². The van der Waals surface area contributed by atoms with Crippen LogP contribution in [-0.4, -0.2) is 49.5 Å². The van der Waals surface area contributed by atoms with Gasteiger partial charge >= 0.3 is 6.18 Å². The molecule has 2 aliphatic heterocycles. The van der Waals surface area contributed by atoms with E-state index in [1.165, 1.54) is 17.8 Å². The summed E-state index contributed by atoms with van der Waals surface area (Å²) >= 11 is 0. The third-order valence-electron chi connectivity index (χ3n) is 8.66. The molecule has 232 valence electrons. The summed E-state index contributed by atoms with van der Waals surface area (Å²) in [4.78, 5) is 6.68. The number of para-hydroxylation sites is 1. The molecule has 4 aromatic rings. The van der Waals surface area contributed by atoms with Gasteiger partial charge in [-0.25, -0.2) is 0 Å². The van der Waals surface area contributed by atoms with Crippen LogP contribution >= 0.6 is 0 Å². The number of nitrogens with one attached hydrogen (secondary N) is 1. The van der Waals surface area contributed by atoms with E-state index in [4.69, 9.17) is 14.2 Å². The highest BCUT2D eigenvalue weighted by atomic mass is 19.4. The quantitative estimate of drug-likeness (QED) is 0.181. The minimum Gasteiger partial charge on any atom is -0.493 e. The molecule has 1 N–H and O–H groups in total. The van der Waals surface area contributed by atoms with E-state index in [9.17, 15) is 13.2 Å². The fraction of sp³-hybridized carbons (Fsp3) is 0.400. The summed E-state index contributed by atoms with van der Waals surface area (Å²) in [6, 6.07) is 20.2. The molecule has 1 atom stereocenters. The maximum Gasteiger partial charge on any atom is 0.418 e. The van der Waals surface area contributed by atoms with E-state index in [2.05, 4.69) is 34.3 Å². The van der Waals surface area contributed by atoms with Gasteiger partial charge in [0.05, 0.1) is 23.2 Å². The van der Waals surface area contributed by atoms with Crippen LogP contribution in [0.25, 0.3) is 10.9 Å². The molecule has 6 nitrogen and oxygen atoms in total. The van der Waals surface area contributed by atoms with Gasteiger partial charge in [-0.3, -0.25) is 15.2 Å². The lowest BCUT2D eigenvalue weighted by Crippen LogP contribution is -2.39. The fourth-order valence-electron chi connectivity index (χ4n) is 6.26.